The standard InChI is InChI=1S/C9H18N2O2/c1-7(2)6-11(9(12)13)8-3-4-10-5-8/h7-8,10H,3-6H2,1-2H3,(H,12,13)/t8-/m0/s1. The molecule has 0 aromatic heterocycles. The quantitative estimate of drug-likeness (QED) is 0.691. The largest absolute Gasteiger partial charge is 0.465 e. The van der Waals surface area contributed by atoms with Crippen molar-refractivity contribution in [2.45, 2.75) is 26.3 Å². The van der Waals surface area contributed by atoms with Crippen LogP contribution in [0.2, 0.25) is 0 Å². The number of carbonyl (C=O) groups is 1. The van der Waals surface area contributed by atoms with Crippen molar-refractivity contribution < 1.29 is 9.90 Å². The van der Waals surface area contributed by atoms with Crippen LogP contribution in [0.1, 0.15) is 20.3 Å². The number of rotatable bonds is 3. The minimum absolute atomic E-state index is 0.180. The number of nitrogens with zero attached hydrogens (tertiary/aromatic N) is 1. The van der Waals surface area contributed by atoms with E-state index in [0.29, 0.717) is 12.5 Å². The number of amides is 1. The molecule has 1 heterocycles. The van der Waals surface area contributed by atoms with Crippen molar-refractivity contribution in [2.75, 3.05) is 19.6 Å². The highest BCUT2D eigenvalue weighted by Gasteiger charge is 2.26. The Bertz CT molecular complexity index is 176. The molecular formula is C9H18N2O2. The number of hydrogen-bond donors (Lipinski definition) is 2. The van der Waals surface area contributed by atoms with Gasteiger partial charge in [0.25, 0.3) is 0 Å². The van der Waals surface area contributed by atoms with Crippen LogP contribution in [-0.2, 0) is 0 Å². The third-order valence-corrected chi connectivity index (χ3v) is 2.28. The van der Waals surface area contributed by atoms with E-state index in [-0.39, 0.29) is 6.04 Å². The molecule has 1 amide bonds. The molecule has 1 saturated heterocycles. The van der Waals surface area contributed by atoms with Gasteiger partial charge in [-0.2, -0.15) is 0 Å². The highest BCUT2D eigenvalue weighted by molar-refractivity contribution is 5.65. The number of carboxylic acid groups (broad SMARTS) is 1. The summed E-state index contributed by atoms with van der Waals surface area (Å²) >= 11 is 0. The van der Waals surface area contributed by atoms with Gasteiger partial charge in [0, 0.05) is 19.1 Å². The average Bonchev–Trinajstić information content (AvgIpc) is 2.50. The lowest BCUT2D eigenvalue weighted by molar-refractivity contribution is 0.121. The topological polar surface area (TPSA) is 52.6 Å². The Morgan fingerprint density at radius 3 is 2.77 bits per heavy atom. The summed E-state index contributed by atoms with van der Waals surface area (Å²) in [5.74, 6) is 0.400. The van der Waals surface area contributed by atoms with Gasteiger partial charge in [0.15, 0.2) is 0 Å². The zero-order valence-electron chi connectivity index (χ0n) is 8.29. The van der Waals surface area contributed by atoms with Crippen molar-refractivity contribution in [3.05, 3.63) is 0 Å². The van der Waals surface area contributed by atoms with E-state index in [0.717, 1.165) is 19.5 Å². The van der Waals surface area contributed by atoms with Gasteiger partial charge in [-0.1, -0.05) is 13.8 Å². The minimum atomic E-state index is -0.789. The van der Waals surface area contributed by atoms with E-state index in [4.69, 9.17) is 5.11 Å². The second-order valence-corrected chi connectivity index (χ2v) is 3.98. The Morgan fingerprint density at radius 2 is 2.38 bits per heavy atom. The molecule has 1 rings (SSSR count). The smallest absolute Gasteiger partial charge is 0.407 e. The lowest BCUT2D eigenvalue weighted by Gasteiger charge is -2.26. The molecule has 2 N–H and O–H groups in total. The van der Waals surface area contributed by atoms with Gasteiger partial charge >= 0.3 is 6.09 Å². The molecule has 0 radical (unpaired) electrons. The normalized spacial score (nSPS) is 22.2. The van der Waals surface area contributed by atoms with Crippen LogP contribution in [0.25, 0.3) is 0 Å². The van der Waals surface area contributed by atoms with Crippen LogP contribution < -0.4 is 5.32 Å². The average molecular weight is 186 g/mol. The third kappa shape index (κ3) is 2.88. The summed E-state index contributed by atoms with van der Waals surface area (Å²) in [6, 6.07) is 0.180. The molecule has 13 heavy (non-hydrogen) atoms. The molecule has 1 atom stereocenters. The van der Waals surface area contributed by atoms with E-state index in [2.05, 4.69) is 5.32 Å². The van der Waals surface area contributed by atoms with Gasteiger partial charge in [-0.3, -0.25) is 0 Å². The first-order valence-corrected chi connectivity index (χ1v) is 4.81. The Morgan fingerprint density at radius 1 is 1.69 bits per heavy atom. The second kappa shape index (κ2) is 4.46. The maximum absolute atomic E-state index is 10.9. The van der Waals surface area contributed by atoms with Crippen molar-refractivity contribution in [1.82, 2.24) is 10.2 Å². The Hall–Kier alpha value is -0.770. The summed E-state index contributed by atoms with van der Waals surface area (Å²) in [7, 11) is 0. The molecule has 1 aliphatic rings. The van der Waals surface area contributed by atoms with Crippen LogP contribution in [0.15, 0.2) is 0 Å². The lowest BCUT2D eigenvalue weighted by atomic mass is 10.1. The molecule has 0 saturated carbocycles. The molecule has 0 aromatic rings. The van der Waals surface area contributed by atoms with Crippen molar-refractivity contribution in [3.63, 3.8) is 0 Å². The summed E-state index contributed by atoms with van der Waals surface area (Å²) in [5.41, 5.74) is 0. The van der Waals surface area contributed by atoms with Crippen LogP contribution in [0.3, 0.4) is 0 Å². The molecule has 0 aliphatic carbocycles. The monoisotopic (exact) mass is 186 g/mol. The molecule has 4 heteroatoms. The highest BCUT2D eigenvalue weighted by Crippen LogP contribution is 2.11. The lowest BCUT2D eigenvalue weighted by Crippen LogP contribution is -2.42. The fourth-order valence-electron chi connectivity index (χ4n) is 1.68. The van der Waals surface area contributed by atoms with E-state index < -0.39 is 6.09 Å². The summed E-state index contributed by atoms with van der Waals surface area (Å²) in [5, 5.41) is 12.2. The fourth-order valence-corrected chi connectivity index (χ4v) is 1.68. The van der Waals surface area contributed by atoms with E-state index in [1.54, 1.807) is 4.90 Å². The maximum atomic E-state index is 10.9. The Kier molecular flexibility index (Phi) is 3.54. The van der Waals surface area contributed by atoms with E-state index in [1.165, 1.54) is 0 Å². The van der Waals surface area contributed by atoms with Gasteiger partial charge in [0.2, 0.25) is 0 Å². The summed E-state index contributed by atoms with van der Waals surface area (Å²) in [6.07, 6.45) is 0.154. The molecule has 4 nitrogen and oxygen atoms in total. The zero-order valence-corrected chi connectivity index (χ0v) is 8.29. The van der Waals surface area contributed by atoms with Crippen LogP contribution >= 0.6 is 0 Å². The maximum Gasteiger partial charge on any atom is 0.407 e. The molecule has 0 aromatic carbocycles. The second-order valence-electron chi connectivity index (χ2n) is 3.98. The molecular weight excluding hydrogens is 168 g/mol. The molecule has 0 unspecified atom stereocenters. The fraction of sp³-hybridized carbons (Fsp3) is 0.889. The van der Waals surface area contributed by atoms with Crippen molar-refractivity contribution in [1.29, 1.82) is 0 Å². The van der Waals surface area contributed by atoms with Crippen molar-refractivity contribution in [2.24, 2.45) is 5.92 Å². The van der Waals surface area contributed by atoms with Gasteiger partial charge < -0.3 is 15.3 Å². The SMILES string of the molecule is CC(C)CN(C(=O)O)[C@H]1CCNC1. The predicted octanol–water partition coefficient (Wildman–Crippen LogP) is 0.984. The Balaban J connectivity index is 2.50. The summed E-state index contributed by atoms with van der Waals surface area (Å²) < 4.78 is 0. The van der Waals surface area contributed by atoms with Gasteiger partial charge in [0.1, 0.15) is 0 Å². The predicted molar refractivity (Wildman–Crippen MR) is 50.8 cm³/mol. The zero-order chi connectivity index (χ0) is 9.84. The van der Waals surface area contributed by atoms with Gasteiger partial charge in [-0.05, 0) is 18.9 Å². The van der Waals surface area contributed by atoms with Crippen molar-refractivity contribution in [3.8, 4) is 0 Å². The highest BCUT2D eigenvalue weighted by atomic mass is 16.4. The molecule has 0 bridgehead atoms. The van der Waals surface area contributed by atoms with Gasteiger partial charge in [0.05, 0.1) is 0 Å². The van der Waals surface area contributed by atoms with Crippen LogP contribution in [0.5, 0.6) is 0 Å². The molecule has 1 fully saturated rings. The third-order valence-electron chi connectivity index (χ3n) is 2.28. The van der Waals surface area contributed by atoms with E-state index in [9.17, 15) is 4.79 Å². The van der Waals surface area contributed by atoms with E-state index in [1.807, 2.05) is 13.8 Å². The van der Waals surface area contributed by atoms with E-state index >= 15 is 0 Å². The number of nitrogens with one attached hydrogen (secondary N) is 1. The summed E-state index contributed by atoms with van der Waals surface area (Å²) in [6.45, 7) is 6.46. The van der Waals surface area contributed by atoms with Crippen molar-refractivity contribution >= 4 is 6.09 Å². The molecule has 0 spiro atoms. The van der Waals surface area contributed by atoms with Crippen LogP contribution in [-0.4, -0.2) is 41.8 Å². The van der Waals surface area contributed by atoms with Crippen LogP contribution in [0, 0.1) is 5.92 Å². The summed E-state index contributed by atoms with van der Waals surface area (Å²) in [4.78, 5) is 12.5. The number of hydrogen-bond acceptors (Lipinski definition) is 2. The Labute approximate surface area is 78.9 Å². The first-order chi connectivity index (χ1) is 6.11. The molecule has 76 valence electrons. The molecule has 1 aliphatic heterocycles. The first-order valence-electron chi connectivity index (χ1n) is 4.81. The van der Waals surface area contributed by atoms with Crippen LogP contribution in [0.4, 0.5) is 4.79 Å². The van der Waals surface area contributed by atoms with Gasteiger partial charge in [-0.15, -0.1) is 0 Å². The van der Waals surface area contributed by atoms with Gasteiger partial charge in [-0.25, -0.2) is 4.79 Å². The first kappa shape index (κ1) is 10.3. The minimum Gasteiger partial charge on any atom is -0.465 e.